The molecule has 0 saturated heterocycles. The minimum absolute atomic E-state index is 0.0570. The first-order valence-corrected chi connectivity index (χ1v) is 7.89. The molecule has 0 unspecified atom stereocenters. The van der Waals surface area contributed by atoms with E-state index in [0.717, 1.165) is 0 Å². The summed E-state index contributed by atoms with van der Waals surface area (Å²) in [5.74, 6) is -1.44. The Labute approximate surface area is 121 Å². The molecule has 0 atom stereocenters. The van der Waals surface area contributed by atoms with Crippen molar-refractivity contribution < 1.29 is 18.0 Å². The maximum Gasteiger partial charge on any atom is 0.260 e. The molecule has 0 saturated carbocycles. The van der Waals surface area contributed by atoms with Crippen molar-refractivity contribution in [1.29, 1.82) is 0 Å². The summed E-state index contributed by atoms with van der Waals surface area (Å²) >= 11 is 0. The molecule has 6 heteroatoms. The Bertz CT molecular complexity index is 841. The third-order valence-corrected chi connectivity index (χ3v) is 4.98. The Kier molecular flexibility index (Phi) is 3.10. The number of fused-ring (bicyclic) bond motifs is 1. The molecule has 5 nitrogen and oxygen atoms in total. The first-order valence-electron chi connectivity index (χ1n) is 6.24. The van der Waals surface area contributed by atoms with Gasteiger partial charge < -0.3 is 0 Å². The number of carbonyl (C=O) groups is 2. The molecule has 0 aromatic heterocycles. The summed E-state index contributed by atoms with van der Waals surface area (Å²) in [6, 6.07) is 13.0. The summed E-state index contributed by atoms with van der Waals surface area (Å²) in [6.45, 7) is 0. The number of imide groups is 1. The Hall–Kier alpha value is -2.47. The van der Waals surface area contributed by atoms with Crippen LogP contribution in [0.3, 0.4) is 0 Å². The van der Waals surface area contributed by atoms with Gasteiger partial charge in [-0.15, -0.1) is 0 Å². The van der Waals surface area contributed by atoms with Gasteiger partial charge in [-0.3, -0.25) is 14.9 Å². The van der Waals surface area contributed by atoms with Gasteiger partial charge in [0.25, 0.3) is 11.8 Å². The second-order valence-electron chi connectivity index (χ2n) is 4.71. The number of benzene rings is 2. The number of carbonyl (C=O) groups excluding carboxylic acids is 2. The standard InChI is InChI=1S/C15H11NO4S/c17-14-11-7-4-8-12(13(11)15(18)16-14)21(19,20)9-10-5-2-1-3-6-10/h1-8H,9H2,(H,16,17,18). The Morgan fingerprint density at radius 1 is 0.857 bits per heavy atom. The average molecular weight is 301 g/mol. The quantitative estimate of drug-likeness (QED) is 0.872. The van der Waals surface area contributed by atoms with Gasteiger partial charge in [-0.05, 0) is 17.7 Å². The van der Waals surface area contributed by atoms with Crippen molar-refractivity contribution >= 4 is 21.7 Å². The fourth-order valence-electron chi connectivity index (χ4n) is 2.32. The van der Waals surface area contributed by atoms with Crippen LogP contribution in [0.4, 0.5) is 0 Å². The smallest absolute Gasteiger partial charge is 0.260 e. The first-order chi connectivity index (χ1) is 9.99. The van der Waals surface area contributed by atoms with Crippen molar-refractivity contribution in [2.75, 3.05) is 0 Å². The van der Waals surface area contributed by atoms with E-state index < -0.39 is 21.7 Å². The number of nitrogens with one attached hydrogen (secondary N) is 1. The zero-order chi connectivity index (χ0) is 15.0. The number of rotatable bonds is 3. The largest absolute Gasteiger partial charge is 0.288 e. The molecule has 1 N–H and O–H groups in total. The summed E-state index contributed by atoms with van der Waals surface area (Å²) in [6.07, 6.45) is 0. The van der Waals surface area contributed by atoms with Crippen molar-refractivity contribution in [2.24, 2.45) is 0 Å². The van der Waals surface area contributed by atoms with Gasteiger partial charge in [-0.2, -0.15) is 0 Å². The van der Waals surface area contributed by atoms with E-state index in [4.69, 9.17) is 0 Å². The molecule has 3 rings (SSSR count). The minimum atomic E-state index is -3.71. The molecule has 0 aliphatic carbocycles. The summed E-state index contributed by atoms with van der Waals surface area (Å²) in [5, 5.41) is 2.12. The normalized spacial score (nSPS) is 13.9. The number of sulfone groups is 1. The predicted molar refractivity (Wildman–Crippen MR) is 75.6 cm³/mol. The Morgan fingerprint density at radius 3 is 2.29 bits per heavy atom. The zero-order valence-electron chi connectivity index (χ0n) is 10.9. The maximum atomic E-state index is 12.5. The zero-order valence-corrected chi connectivity index (χ0v) is 11.7. The van der Waals surface area contributed by atoms with Gasteiger partial charge in [0.2, 0.25) is 0 Å². The molecule has 1 aliphatic rings. The average Bonchev–Trinajstić information content (AvgIpc) is 2.75. The van der Waals surface area contributed by atoms with Gasteiger partial charge in [0, 0.05) is 0 Å². The van der Waals surface area contributed by atoms with Crippen LogP contribution in [-0.2, 0) is 15.6 Å². The summed E-state index contributed by atoms with van der Waals surface area (Å²) < 4.78 is 25.0. The van der Waals surface area contributed by atoms with Crippen LogP contribution in [-0.4, -0.2) is 20.2 Å². The van der Waals surface area contributed by atoms with Crippen molar-refractivity contribution in [2.45, 2.75) is 10.6 Å². The van der Waals surface area contributed by atoms with Crippen molar-refractivity contribution in [3.8, 4) is 0 Å². The molecule has 0 radical (unpaired) electrons. The highest BCUT2D eigenvalue weighted by molar-refractivity contribution is 7.90. The van der Waals surface area contributed by atoms with Crippen LogP contribution in [0.2, 0.25) is 0 Å². The van der Waals surface area contributed by atoms with Gasteiger partial charge in [0.1, 0.15) is 0 Å². The molecule has 0 bridgehead atoms. The van der Waals surface area contributed by atoms with Crippen molar-refractivity contribution in [1.82, 2.24) is 5.32 Å². The van der Waals surface area contributed by atoms with Gasteiger partial charge in [0.15, 0.2) is 9.84 Å². The fourth-order valence-corrected chi connectivity index (χ4v) is 3.90. The molecule has 1 heterocycles. The highest BCUT2D eigenvalue weighted by Crippen LogP contribution is 2.26. The second kappa shape index (κ2) is 4.82. The molecule has 0 fully saturated rings. The summed E-state index contributed by atoms with van der Waals surface area (Å²) in [5.41, 5.74) is 0.674. The Morgan fingerprint density at radius 2 is 1.57 bits per heavy atom. The Balaban J connectivity index is 2.09. The van der Waals surface area contributed by atoms with Crippen LogP contribution in [0.1, 0.15) is 26.3 Å². The van der Waals surface area contributed by atoms with E-state index >= 15 is 0 Å². The van der Waals surface area contributed by atoms with Gasteiger partial charge in [0.05, 0.1) is 21.8 Å². The highest BCUT2D eigenvalue weighted by Gasteiger charge is 2.33. The molecular formula is C15H11NO4S. The molecule has 2 amide bonds. The van der Waals surface area contributed by atoms with Crippen molar-refractivity contribution in [3.63, 3.8) is 0 Å². The predicted octanol–water partition coefficient (Wildman–Crippen LogP) is 1.54. The van der Waals surface area contributed by atoms with E-state index in [0.29, 0.717) is 5.56 Å². The topological polar surface area (TPSA) is 80.3 Å². The van der Waals surface area contributed by atoms with Crippen LogP contribution >= 0.6 is 0 Å². The first kappa shape index (κ1) is 13.5. The number of hydrogen-bond acceptors (Lipinski definition) is 4. The lowest BCUT2D eigenvalue weighted by Crippen LogP contribution is -2.20. The molecule has 0 spiro atoms. The van der Waals surface area contributed by atoms with E-state index in [-0.39, 0.29) is 21.8 Å². The van der Waals surface area contributed by atoms with Gasteiger partial charge in [-0.1, -0.05) is 36.4 Å². The molecule has 2 aromatic rings. The van der Waals surface area contributed by atoms with Crippen LogP contribution in [0.25, 0.3) is 0 Å². The van der Waals surface area contributed by atoms with Crippen LogP contribution < -0.4 is 5.32 Å². The molecule has 1 aliphatic heterocycles. The number of amides is 2. The lowest BCUT2D eigenvalue weighted by atomic mass is 10.1. The van der Waals surface area contributed by atoms with Gasteiger partial charge >= 0.3 is 0 Å². The summed E-state index contributed by atoms with van der Waals surface area (Å²) in [7, 11) is -3.71. The van der Waals surface area contributed by atoms with Crippen molar-refractivity contribution in [3.05, 3.63) is 65.2 Å². The van der Waals surface area contributed by atoms with E-state index in [1.165, 1.54) is 18.2 Å². The number of hydrogen-bond donors (Lipinski definition) is 1. The van der Waals surface area contributed by atoms with E-state index in [1.807, 2.05) is 0 Å². The monoisotopic (exact) mass is 301 g/mol. The highest BCUT2D eigenvalue weighted by atomic mass is 32.2. The molecule has 106 valence electrons. The van der Waals surface area contributed by atoms with E-state index in [9.17, 15) is 18.0 Å². The SMILES string of the molecule is O=C1NC(=O)c2c1cccc2S(=O)(=O)Cc1ccccc1. The molecule has 21 heavy (non-hydrogen) atoms. The molecular weight excluding hydrogens is 290 g/mol. The van der Waals surface area contributed by atoms with Gasteiger partial charge in [-0.25, -0.2) is 8.42 Å². The van der Waals surface area contributed by atoms with E-state index in [2.05, 4.69) is 5.32 Å². The third kappa shape index (κ3) is 2.34. The van der Waals surface area contributed by atoms with Crippen LogP contribution in [0.15, 0.2) is 53.4 Å². The fraction of sp³-hybridized carbons (Fsp3) is 0.0667. The summed E-state index contributed by atoms with van der Waals surface area (Å²) in [4.78, 5) is 23.3. The molecule has 2 aromatic carbocycles. The lowest BCUT2D eigenvalue weighted by Gasteiger charge is -2.07. The third-order valence-electron chi connectivity index (χ3n) is 3.26. The maximum absolute atomic E-state index is 12.5. The lowest BCUT2D eigenvalue weighted by molar-refractivity contribution is 0.0878. The van der Waals surface area contributed by atoms with Crippen LogP contribution in [0, 0.1) is 0 Å². The minimum Gasteiger partial charge on any atom is -0.288 e. The van der Waals surface area contributed by atoms with Crippen LogP contribution in [0.5, 0.6) is 0 Å². The van der Waals surface area contributed by atoms with E-state index in [1.54, 1.807) is 30.3 Å². The second-order valence-corrected chi connectivity index (χ2v) is 6.66.